The summed E-state index contributed by atoms with van der Waals surface area (Å²) < 4.78 is 51.5. The highest BCUT2D eigenvalue weighted by Crippen LogP contribution is 2.18. The van der Waals surface area contributed by atoms with E-state index in [1.165, 1.54) is 6.92 Å². The van der Waals surface area contributed by atoms with Crippen molar-refractivity contribution in [2.45, 2.75) is 23.6 Å². The molecule has 0 aliphatic heterocycles. The van der Waals surface area contributed by atoms with Gasteiger partial charge in [-0.3, -0.25) is 4.79 Å². The second-order valence-corrected chi connectivity index (χ2v) is 5.97. The summed E-state index contributed by atoms with van der Waals surface area (Å²) in [5.41, 5.74) is 0.0268. The zero-order chi connectivity index (χ0) is 16.2. The summed E-state index contributed by atoms with van der Waals surface area (Å²) in [7, 11) is -3.54. The molecule has 1 aromatic rings. The number of alkyl halides is 2. The highest BCUT2D eigenvalue weighted by Gasteiger charge is 2.26. The quantitative estimate of drug-likeness (QED) is 0.816. The van der Waals surface area contributed by atoms with E-state index in [4.69, 9.17) is 0 Å². The summed E-state index contributed by atoms with van der Waals surface area (Å²) in [6.07, 6.45) is 0. The highest BCUT2D eigenvalue weighted by molar-refractivity contribution is 7.91. The first-order valence-corrected chi connectivity index (χ1v) is 7.25. The molecule has 21 heavy (non-hydrogen) atoms. The van der Waals surface area contributed by atoms with Crippen molar-refractivity contribution in [3.05, 3.63) is 29.8 Å². The molecule has 0 heterocycles. The number of amides is 1. The van der Waals surface area contributed by atoms with Crippen LogP contribution in [0.5, 0.6) is 0 Å². The van der Waals surface area contributed by atoms with E-state index in [1.807, 2.05) is 0 Å². The molecule has 0 aliphatic carbocycles. The van der Waals surface area contributed by atoms with E-state index in [9.17, 15) is 26.8 Å². The zero-order valence-corrected chi connectivity index (χ0v) is 12.0. The maximum absolute atomic E-state index is 12.3. The molecule has 0 radical (unpaired) electrons. The summed E-state index contributed by atoms with van der Waals surface area (Å²) in [6, 6.07) is 3.06. The van der Waals surface area contributed by atoms with Crippen LogP contribution in [0.15, 0.2) is 29.2 Å². The molecule has 1 aromatic carbocycles. The largest absolute Gasteiger partial charge is 0.467 e. The predicted octanol–water partition coefficient (Wildman–Crippen LogP) is 0.974. The van der Waals surface area contributed by atoms with E-state index in [0.717, 1.165) is 31.4 Å². The first kappa shape index (κ1) is 17.0. The van der Waals surface area contributed by atoms with Gasteiger partial charge >= 0.3 is 11.7 Å². The van der Waals surface area contributed by atoms with E-state index in [-0.39, 0.29) is 5.56 Å². The van der Waals surface area contributed by atoms with E-state index in [1.54, 1.807) is 0 Å². The number of hydrogen-bond donors (Lipinski definition) is 1. The van der Waals surface area contributed by atoms with Gasteiger partial charge in [-0.25, -0.2) is 13.2 Å². The maximum atomic E-state index is 12.3. The molecule has 1 amide bonds. The minimum Gasteiger partial charge on any atom is -0.467 e. The Labute approximate surface area is 120 Å². The third kappa shape index (κ3) is 3.97. The lowest BCUT2D eigenvalue weighted by molar-refractivity contribution is -0.142. The van der Waals surface area contributed by atoms with Gasteiger partial charge < -0.3 is 10.1 Å². The van der Waals surface area contributed by atoms with Gasteiger partial charge in [-0.2, -0.15) is 8.78 Å². The lowest BCUT2D eigenvalue weighted by Gasteiger charge is -2.11. The molecule has 1 atom stereocenters. The van der Waals surface area contributed by atoms with Gasteiger partial charge in [-0.1, -0.05) is 0 Å². The first-order valence-electron chi connectivity index (χ1n) is 5.71. The van der Waals surface area contributed by atoms with Gasteiger partial charge in [0.15, 0.2) is 0 Å². The number of esters is 1. The van der Waals surface area contributed by atoms with Crippen molar-refractivity contribution in [2.75, 3.05) is 7.11 Å². The van der Waals surface area contributed by atoms with Gasteiger partial charge in [0.2, 0.25) is 9.84 Å². The summed E-state index contributed by atoms with van der Waals surface area (Å²) in [6.45, 7) is 1.40. The predicted molar refractivity (Wildman–Crippen MR) is 68.6 cm³/mol. The summed E-state index contributed by atoms with van der Waals surface area (Å²) in [4.78, 5) is 22.3. The van der Waals surface area contributed by atoms with E-state index < -0.39 is 38.4 Å². The van der Waals surface area contributed by atoms with Gasteiger partial charge in [0, 0.05) is 5.56 Å². The Morgan fingerprint density at radius 1 is 1.19 bits per heavy atom. The van der Waals surface area contributed by atoms with Gasteiger partial charge in [0.25, 0.3) is 5.91 Å². The number of benzene rings is 1. The molecular weight excluding hydrogens is 308 g/mol. The van der Waals surface area contributed by atoms with Crippen molar-refractivity contribution < 1.29 is 31.5 Å². The smallest absolute Gasteiger partial charge is 0.341 e. The third-order valence-electron chi connectivity index (χ3n) is 2.58. The van der Waals surface area contributed by atoms with Crippen molar-refractivity contribution in [3.8, 4) is 0 Å². The fourth-order valence-electron chi connectivity index (χ4n) is 1.41. The molecule has 0 bridgehead atoms. The molecule has 0 aromatic heterocycles. The average molecular weight is 321 g/mol. The topological polar surface area (TPSA) is 89.5 Å². The van der Waals surface area contributed by atoms with E-state index in [2.05, 4.69) is 10.1 Å². The van der Waals surface area contributed by atoms with Crippen LogP contribution in [-0.4, -0.2) is 39.2 Å². The number of ether oxygens (including phenoxy) is 1. The number of carbonyl (C=O) groups excluding carboxylic acids is 2. The average Bonchev–Trinajstić information content (AvgIpc) is 2.46. The number of carbonyl (C=O) groups is 2. The maximum Gasteiger partial charge on any atom is 0.341 e. The molecule has 116 valence electrons. The molecule has 1 unspecified atom stereocenters. The standard InChI is InChI=1S/C12H13F2NO5S/c1-7(11(17)20-2)15-10(16)8-3-5-9(6-4-8)21(18,19)12(13)14/h3-7,12H,1-2H3,(H,15,16). The number of hydrogen-bond acceptors (Lipinski definition) is 5. The van der Waals surface area contributed by atoms with Crippen LogP contribution in [0.4, 0.5) is 8.78 Å². The molecular formula is C12H13F2NO5S. The van der Waals surface area contributed by atoms with Crippen LogP contribution >= 0.6 is 0 Å². The minimum atomic E-state index is -4.70. The molecule has 0 saturated carbocycles. The summed E-state index contributed by atoms with van der Waals surface area (Å²) in [5.74, 6) is -4.84. The van der Waals surface area contributed by atoms with Crippen LogP contribution in [0.1, 0.15) is 17.3 Å². The molecule has 1 N–H and O–H groups in total. The normalized spacial score (nSPS) is 12.8. The molecule has 0 fully saturated rings. The fourth-order valence-corrected chi connectivity index (χ4v) is 2.14. The lowest BCUT2D eigenvalue weighted by atomic mass is 10.2. The van der Waals surface area contributed by atoms with Crippen molar-refractivity contribution in [3.63, 3.8) is 0 Å². The van der Waals surface area contributed by atoms with Gasteiger partial charge in [0.05, 0.1) is 12.0 Å². The number of rotatable bonds is 5. The number of nitrogens with one attached hydrogen (secondary N) is 1. The third-order valence-corrected chi connectivity index (χ3v) is 3.98. The number of methoxy groups -OCH3 is 1. The number of sulfone groups is 1. The second-order valence-electron chi connectivity index (χ2n) is 4.05. The SMILES string of the molecule is COC(=O)C(C)NC(=O)c1ccc(S(=O)(=O)C(F)F)cc1. The van der Waals surface area contributed by atoms with Crippen LogP contribution in [0.3, 0.4) is 0 Å². The second kappa shape index (κ2) is 6.61. The Morgan fingerprint density at radius 3 is 2.14 bits per heavy atom. The van der Waals surface area contributed by atoms with Crippen LogP contribution in [0.2, 0.25) is 0 Å². The Balaban J connectivity index is 2.88. The molecule has 9 heteroatoms. The van der Waals surface area contributed by atoms with E-state index >= 15 is 0 Å². The van der Waals surface area contributed by atoms with E-state index in [0.29, 0.717) is 0 Å². The van der Waals surface area contributed by atoms with Gasteiger partial charge in [0.1, 0.15) is 6.04 Å². The Morgan fingerprint density at radius 2 is 1.71 bits per heavy atom. The molecule has 0 aliphatic rings. The minimum absolute atomic E-state index is 0.0268. The Kier molecular flexibility index (Phi) is 5.36. The zero-order valence-electron chi connectivity index (χ0n) is 11.2. The molecule has 0 spiro atoms. The van der Waals surface area contributed by atoms with Gasteiger partial charge in [-0.15, -0.1) is 0 Å². The molecule has 1 rings (SSSR count). The van der Waals surface area contributed by atoms with Gasteiger partial charge in [-0.05, 0) is 31.2 Å². The van der Waals surface area contributed by atoms with Crippen molar-refractivity contribution >= 4 is 21.7 Å². The Bertz CT molecular complexity index is 628. The van der Waals surface area contributed by atoms with Crippen LogP contribution in [0, 0.1) is 0 Å². The summed E-state index contributed by atoms with van der Waals surface area (Å²) in [5, 5.41) is 2.32. The monoisotopic (exact) mass is 321 g/mol. The molecule has 0 saturated heterocycles. The molecule has 6 nitrogen and oxygen atoms in total. The van der Waals surface area contributed by atoms with Crippen LogP contribution < -0.4 is 5.32 Å². The number of halogens is 2. The van der Waals surface area contributed by atoms with Crippen LogP contribution in [-0.2, 0) is 19.4 Å². The first-order chi connectivity index (χ1) is 9.70. The van der Waals surface area contributed by atoms with Crippen molar-refractivity contribution in [1.29, 1.82) is 0 Å². The Hall–Kier alpha value is -2.03. The summed E-state index contributed by atoms with van der Waals surface area (Å²) >= 11 is 0. The van der Waals surface area contributed by atoms with Crippen LogP contribution in [0.25, 0.3) is 0 Å². The fraction of sp³-hybridized carbons (Fsp3) is 0.333. The van der Waals surface area contributed by atoms with Crippen molar-refractivity contribution in [1.82, 2.24) is 5.32 Å². The lowest BCUT2D eigenvalue weighted by Crippen LogP contribution is -2.39. The van der Waals surface area contributed by atoms with Crippen molar-refractivity contribution in [2.24, 2.45) is 0 Å². The highest BCUT2D eigenvalue weighted by atomic mass is 32.2.